The number of nitrogens with zero attached hydrogens (tertiary/aromatic N) is 1. The number of hydrogen-bond donors (Lipinski definition) is 2. The van der Waals surface area contributed by atoms with Crippen LogP contribution < -0.4 is 0 Å². The SMILES string of the molecule is CCN(CC)C[C@H](O)CO. The van der Waals surface area contributed by atoms with Gasteiger partial charge < -0.3 is 15.1 Å². The van der Waals surface area contributed by atoms with Gasteiger partial charge in [0.25, 0.3) is 0 Å². The van der Waals surface area contributed by atoms with E-state index >= 15 is 0 Å². The first-order chi connectivity index (χ1) is 4.74. The third-order valence-corrected chi connectivity index (χ3v) is 1.57. The van der Waals surface area contributed by atoms with Crippen LogP contribution in [0.2, 0.25) is 0 Å². The topological polar surface area (TPSA) is 43.7 Å². The van der Waals surface area contributed by atoms with Gasteiger partial charge in [-0.2, -0.15) is 0 Å². The van der Waals surface area contributed by atoms with Gasteiger partial charge in [0.05, 0.1) is 12.7 Å². The maximum absolute atomic E-state index is 9.00. The third kappa shape index (κ3) is 3.82. The predicted octanol–water partition coefficient (Wildman–Crippen LogP) is -0.319. The van der Waals surface area contributed by atoms with Gasteiger partial charge in [-0.3, -0.25) is 0 Å². The Morgan fingerprint density at radius 3 is 2.10 bits per heavy atom. The zero-order chi connectivity index (χ0) is 7.98. The predicted molar refractivity (Wildman–Crippen MR) is 40.9 cm³/mol. The minimum absolute atomic E-state index is 0.142. The van der Waals surface area contributed by atoms with Crippen molar-refractivity contribution in [1.82, 2.24) is 4.90 Å². The van der Waals surface area contributed by atoms with E-state index in [9.17, 15) is 0 Å². The largest absolute Gasteiger partial charge is 0.394 e. The monoisotopic (exact) mass is 147 g/mol. The van der Waals surface area contributed by atoms with Crippen LogP contribution in [0.25, 0.3) is 0 Å². The van der Waals surface area contributed by atoms with E-state index in [1.807, 2.05) is 13.8 Å². The summed E-state index contributed by atoms with van der Waals surface area (Å²) in [6.07, 6.45) is -0.583. The van der Waals surface area contributed by atoms with Gasteiger partial charge in [-0.25, -0.2) is 0 Å². The number of hydrogen-bond acceptors (Lipinski definition) is 3. The third-order valence-electron chi connectivity index (χ3n) is 1.57. The summed E-state index contributed by atoms with van der Waals surface area (Å²) in [7, 11) is 0. The summed E-state index contributed by atoms with van der Waals surface area (Å²) < 4.78 is 0. The second-order valence-corrected chi connectivity index (χ2v) is 2.32. The molecule has 3 nitrogen and oxygen atoms in total. The molecule has 10 heavy (non-hydrogen) atoms. The van der Waals surface area contributed by atoms with Gasteiger partial charge in [0, 0.05) is 6.54 Å². The molecule has 0 aliphatic heterocycles. The molecular weight excluding hydrogens is 130 g/mol. The Bertz CT molecular complexity index is 74.0. The molecule has 0 aromatic rings. The molecular formula is C7H17NO2. The van der Waals surface area contributed by atoms with Crippen LogP contribution in [0, 0.1) is 0 Å². The molecule has 0 saturated carbocycles. The van der Waals surface area contributed by atoms with Crippen molar-refractivity contribution in [2.75, 3.05) is 26.2 Å². The standard InChI is InChI=1S/C7H17NO2/c1-3-8(4-2)5-7(10)6-9/h7,9-10H,3-6H2,1-2H3/t7-/m0/s1. The normalized spacial score (nSPS) is 14.1. The molecule has 0 unspecified atom stereocenters. The fraction of sp³-hybridized carbons (Fsp3) is 1.00. The van der Waals surface area contributed by atoms with E-state index in [4.69, 9.17) is 10.2 Å². The minimum atomic E-state index is -0.583. The Hall–Kier alpha value is -0.120. The smallest absolute Gasteiger partial charge is 0.0897 e. The fourth-order valence-electron chi connectivity index (χ4n) is 0.838. The van der Waals surface area contributed by atoms with Crippen LogP contribution in [0.4, 0.5) is 0 Å². The quantitative estimate of drug-likeness (QED) is 0.560. The number of rotatable bonds is 5. The molecule has 3 heteroatoms. The lowest BCUT2D eigenvalue weighted by molar-refractivity contribution is 0.0623. The zero-order valence-corrected chi connectivity index (χ0v) is 6.75. The molecule has 0 aliphatic rings. The van der Waals surface area contributed by atoms with E-state index in [0.29, 0.717) is 6.54 Å². The second-order valence-electron chi connectivity index (χ2n) is 2.32. The van der Waals surface area contributed by atoms with Crippen LogP contribution in [0.1, 0.15) is 13.8 Å². The van der Waals surface area contributed by atoms with Gasteiger partial charge in [0.2, 0.25) is 0 Å². The van der Waals surface area contributed by atoms with Gasteiger partial charge in [0.15, 0.2) is 0 Å². The highest BCUT2D eigenvalue weighted by Gasteiger charge is 2.05. The Kier molecular flexibility index (Phi) is 5.58. The van der Waals surface area contributed by atoms with Crippen LogP contribution in [-0.2, 0) is 0 Å². The zero-order valence-electron chi connectivity index (χ0n) is 6.75. The molecule has 0 aromatic carbocycles. The molecule has 0 saturated heterocycles. The summed E-state index contributed by atoms with van der Waals surface area (Å²) >= 11 is 0. The highest BCUT2D eigenvalue weighted by Crippen LogP contribution is 1.90. The lowest BCUT2D eigenvalue weighted by atomic mass is 10.3. The first kappa shape index (κ1) is 9.88. The molecule has 0 amide bonds. The number of aliphatic hydroxyl groups is 2. The minimum Gasteiger partial charge on any atom is -0.394 e. The Labute approximate surface area is 62.3 Å². The van der Waals surface area contributed by atoms with Crippen molar-refractivity contribution >= 4 is 0 Å². The van der Waals surface area contributed by atoms with Gasteiger partial charge in [-0.1, -0.05) is 13.8 Å². The van der Waals surface area contributed by atoms with E-state index in [2.05, 4.69) is 4.90 Å². The van der Waals surface area contributed by atoms with Gasteiger partial charge in [-0.15, -0.1) is 0 Å². The summed E-state index contributed by atoms with van der Waals surface area (Å²) in [6, 6.07) is 0. The second kappa shape index (κ2) is 5.65. The molecule has 0 bridgehead atoms. The van der Waals surface area contributed by atoms with E-state index in [0.717, 1.165) is 13.1 Å². The summed E-state index contributed by atoms with van der Waals surface area (Å²) in [4.78, 5) is 2.07. The highest BCUT2D eigenvalue weighted by molar-refractivity contribution is 4.59. The van der Waals surface area contributed by atoms with Gasteiger partial charge >= 0.3 is 0 Å². The molecule has 62 valence electrons. The molecule has 1 atom stereocenters. The van der Waals surface area contributed by atoms with Crippen molar-refractivity contribution in [3.63, 3.8) is 0 Å². The number of aliphatic hydroxyl groups excluding tert-OH is 2. The van der Waals surface area contributed by atoms with Crippen LogP contribution in [0.15, 0.2) is 0 Å². The van der Waals surface area contributed by atoms with Crippen LogP contribution in [-0.4, -0.2) is 47.5 Å². The summed E-state index contributed by atoms with van der Waals surface area (Å²) in [6.45, 7) is 6.35. The van der Waals surface area contributed by atoms with Crippen molar-refractivity contribution < 1.29 is 10.2 Å². The summed E-state index contributed by atoms with van der Waals surface area (Å²) in [5, 5.41) is 17.5. The van der Waals surface area contributed by atoms with Crippen molar-refractivity contribution in [1.29, 1.82) is 0 Å². The van der Waals surface area contributed by atoms with Crippen molar-refractivity contribution in [3.05, 3.63) is 0 Å². The maximum atomic E-state index is 9.00. The Morgan fingerprint density at radius 1 is 1.30 bits per heavy atom. The number of likely N-dealkylation sites (N-methyl/N-ethyl adjacent to an activating group) is 1. The van der Waals surface area contributed by atoms with Gasteiger partial charge in [0.1, 0.15) is 0 Å². The Morgan fingerprint density at radius 2 is 1.80 bits per heavy atom. The molecule has 0 rings (SSSR count). The van der Waals surface area contributed by atoms with Crippen molar-refractivity contribution in [3.8, 4) is 0 Å². The van der Waals surface area contributed by atoms with E-state index < -0.39 is 6.10 Å². The van der Waals surface area contributed by atoms with Gasteiger partial charge in [-0.05, 0) is 13.1 Å². The molecule has 0 aromatic heterocycles. The van der Waals surface area contributed by atoms with Crippen molar-refractivity contribution in [2.24, 2.45) is 0 Å². The summed E-state index contributed by atoms with van der Waals surface area (Å²) in [5.41, 5.74) is 0. The van der Waals surface area contributed by atoms with Crippen LogP contribution in [0.3, 0.4) is 0 Å². The first-order valence-electron chi connectivity index (χ1n) is 3.75. The highest BCUT2D eigenvalue weighted by atomic mass is 16.3. The van der Waals surface area contributed by atoms with E-state index in [-0.39, 0.29) is 6.61 Å². The lowest BCUT2D eigenvalue weighted by Gasteiger charge is -2.20. The molecule has 0 heterocycles. The maximum Gasteiger partial charge on any atom is 0.0897 e. The van der Waals surface area contributed by atoms with E-state index in [1.54, 1.807) is 0 Å². The molecule has 0 radical (unpaired) electrons. The molecule has 2 N–H and O–H groups in total. The molecule has 0 spiro atoms. The van der Waals surface area contributed by atoms with Crippen LogP contribution >= 0.6 is 0 Å². The van der Waals surface area contributed by atoms with Crippen LogP contribution in [0.5, 0.6) is 0 Å². The average Bonchev–Trinajstić information content (AvgIpc) is 1.99. The fourth-order valence-corrected chi connectivity index (χ4v) is 0.838. The molecule has 0 aliphatic carbocycles. The lowest BCUT2D eigenvalue weighted by Crippen LogP contribution is -2.33. The average molecular weight is 147 g/mol. The van der Waals surface area contributed by atoms with E-state index in [1.165, 1.54) is 0 Å². The Balaban J connectivity index is 3.41. The first-order valence-corrected chi connectivity index (χ1v) is 3.75. The van der Waals surface area contributed by atoms with Crippen molar-refractivity contribution in [2.45, 2.75) is 20.0 Å². The summed E-state index contributed by atoms with van der Waals surface area (Å²) in [5.74, 6) is 0. The molecule has 0 fully saturated rings.